The molecule has 0 saturated heterocycles. The van der Waals surface area contributed by atoms with Crippen LogP contribution in [0.15, 0.2) is 18.2 Å². The van der Waals surface area contributed by atoms with Gasteiger partial charge in [-0.1, -0.05) is 13.8 Å². The Morgan fingerprint density at radius 3 is 2.27 bits per heavy atom. The van der Waals surface area contributed by atoms with Gasteiger partial charge in [-0.25, -0.2) is 4.39 Å². The van der Waals surface area contributed by atoms with Gasteiger partial charge < -0.3 is 10.4 Å². The van der Waals surface area contributed by atoms with Crippen molar-refractivity contribution in [2.45, 2.75) is 39.4 Å². The Morgan fingerprint density at radius 1 is 1.23 bits per heavy atom. The lowest BCUT2D eigenvalue weighted by Crippen LogP contribution is -2.40. The number of nitrogens with one attached hydrogen (secondary N) is 1. The van der Waals surface area contributed by atoms with Gasteiger partial charge in [0.2, 0.25) is 0 Å². The molecule has 7 heteroatoms. The smallest absolute Gasteiger partial charge is 0.416 e. The van der Waals surface area contributed by atoms with Gasteiger partial charge in [-0.15, -0.1) is 0 Å². The van der Waals surface area contributed by atoms with Gasteiger partial charge in [0.15, 0.2) is 0 Å². The topological polar surface area (TPSA) is 49.3 Å². The van der Waals surface area contributed by atoms with Crippen LogP contribution in [0.25, 0.3) is 0 Å². The first-order valence-corrected chi connectivity index (χ1v) is 6.96. The molecule has 1 aromatic rings. The van der Waals surface area contributed by atoms with Crippen LogP contribution in [0.3, 0.4) is 0 Å². The van der Waals surface area contributed by atoms with Crippen molar-refractivity contribution >= 4 is 5.97 Å². The molecule has 2 N–H and O–H groups in total. The van der Waals surface area contributed by atoms with Crippen LogP contribution in [0.2, 0.25) is 0 Å². The van der Waals surface area contributed by atoms with E-state index in [4.69, 9.17) is 0 Å². The molecule has 22 heavy (non-hydrogen) atoms. The third kappa shape index (κ3) is 4.19. The van der Waals surface area contributed by atoms with Gasteiger partial charge in [0.25, 0.3) is 0 Å². The fourth-order valence-corrected chi connectivity index (χ4v) is 2.20. The summed E-state index contributed by atoms with van der Waals surface area (Å²) in [6.07, 6.45) is -3.80. The molecule has 3 nitrogen and oxygen atoms in total. The average molecular weight is 321 g/mol. The second-order valence-electron chi connectivity index (χ2n) is 5.20. The van der Waals surface area contributed by atoms with E-state index in [0.717, 1.165) is 12.1 Å². The van der Waals surface area contributed by atoms with E-state index in [1.54, 1.807) is 13.8 Å². The predicted octanol–water partition coefficient (Wildman–Crippen LogP) is 3.83. The van der Waals surface area contributed by atoms with Crippen LogP contribution in [0, 0.1) is 11.2 Å². The molecular weight excluding hydrogens is 302 g/mol. The molecule has 0 aromatic heterocycles. The molecule has 0 bridgehead atoms. The van der Waals surface area contributed by atoms with Gasteiger partial charge in [0.05, 0.1) is 11.0 Å². The van der Waals surface area contributed by atoms with E-state index in [-0.39, 0.29) is 18.7 Å². The molecule has 0 aliphatic rings. The zero-order chi connectivity index (χ0) is 17.0. The Bertz CT molecular complexity index is 525. The Balaban J connectivity index is 2.82. The zero-order valence-corrected chi connectivity index (χ0v) is 12.4. The highest BCUT2D eigenvalue weighted by molar-refractivity contribution is 5.74. The average Bonchev–Trinajstić information content (AvgIpc) is 2.44. The Hall–Kier alpha value is -1.63. The SMILES string of the molecule is CCC(CC)(CNCc1cc(C(F)(F)F)ccc1F)C(=O)O. The van der Waals surface area contributed by atoms with Crippen molar-refractivity contribution in [3.8, 4) is 0 Å². The lowest BCUT2D eigenvalue weighted by Gasteiger charge is -2.27. The predicted molar refractivity (Wildman–Crippen MR) is 73.8 cm³/mol. The fourth-order valence-electron chi connectivity index (χ4n) is 2.20. The molecule has 0 atom stereocenters. The van der Waals surface area contributed by atoms with Crippen LogP contribution in [0.1, 0.15) is 37.8 Å². The summed E-state index contributed by atoms with van der Waals surface area (Å²) in [5.74, 6) is -1.73. The summed E-state index contributed by atoms with van der Waals surface area (Å²) >= 11 is 0. The minimum absolute atomic E-state index is 0.0605. The van der Waals surface area contributed by atoms with E-state index in [0.29, 0.717) is 18.9 Å². The number of rotatable bonds is 7. The maximum atomic E-state index is 13.6. The van der Waals surface area contributed by atoms with Gasteiger partial charge in [-0.2, -0.15) is 13.2 Å². The van der Waals surface area contributed by atoms with Crippen molar-refractivity contribution in [3.05, 3.63) is 35.1 Å². The van der Waals surface area contributed by atoms with Crippen molar-refractivity contribution in [2.75, 3.05) is 6.54 Å². The highest BCUT2D eigenvalue weighted by Crippen LogP contribution is 2.30. The summed E-state index contributed by atoms with van der Waals surface area (Å²) in [5.41, 5.74) is -2.07. The van der Waals surface area contributed by atoms with Crippen molar-refractivity contribution in [1.29, 1.82) is 0 Å². The van der Waals surface area contributed by atoms with Crippen LogP contribution in [0.4, 0.5) is 17.6 Å². The van der Waals surface area contributed by atoms with Crippen LogP contribution in [-0.4, -0.2) is 17.6 Å². The van der Waals surface area contributed by atoms with Crippen molar-refractivity contribution in [2.24, 2.45) is 5.41 Å². The highest BCUT2D eigenvalue weighted by Gasteiger charge is 2.34. The molecule has 0 amide bonds. The molecule has 0 heterocycles. The lowest BCUT2D eigenvalue weighted by atomic mass is 9.82. The molecule has 0 spiro atoms. The number of alkyl halides is 3. The lowest BCUT2D eigenvalue weighted by molar-refractivity contribution is -0.149. The van der Waals surface area contributed by atoms with E-state index in [2.05, 4.69) is 5.32 Å². The molecule has 1 aromatic carbocycles. The van der Waals surface area contributed by atoms with Crippen molar-refractivity contribution < 1.29 is 27.5 Å². The molecule has 0 saturated carbocycles. The minimum atomic E-state index is -4.54. The van der Waals surface area contributed by atoms with Crippen LogP contribution >= 0.6 is 0 Å². The number of carboxylic acid groups (broad SMARTS) is 1. The molecular formula is C15H19F4NO2. The normalized spacial score (nSPS) is 12.5. The second-order valence-corrected chi connectivity index (χ2v) is 5.20. The van der Waals surface area contributed by atoms with Gasteiger partial charge in [-0.05, 0) is 31.0 Å². The summed E-state index contributed by atoms with van der Waals surface area (Å²) in [4.78, 5) is 11.3. The molecule has 0 aliphatic carbocycles. The number of hydrogen-bond donors (Lipinski definition) is 2. The van der Waals surface area contributed by atoms with E-state index >= 15 is 0 Å². The number of halogens is 4. The number of aliphatic carboxylic acids is 1. The first-order valence-electron chi connectivity index (χ1n) is 6.96. The number of carboxylic acids is 1. The van der Waals surface area contributed by atoms with Crippen molar-refractivity contribution in [1.82, 2.24) is 5.32 Å². The third-order valence-corrected chi connectivity index (χ3v) is 3.96. The largest absolute Gasteiger partial charge is 0.481 e. The Morgan fingerprint density at radius 2 is 1.82 bits per heavy atom. The standard InChI is InChI=1S/C15H19F4NO2/c1-3-14(4-2,13(21)22)9-20-8-10-7-11(15(17,18)19)5-6-12(10)16/h5-7,20H,3-4,8-9H2,1-2H3,(H,21,22). The van der Waals surface area contributed by atoms with Crippen LogP contribution < -0.4 is 5.32 Å². The Kier molecular flexibility index (Phi) is 5.93. The van der Waals surface area contributed by atoms with E-state index in [1.807, 2.05) is 0 Å². The third-order valence-electron chi connectivity index (χ3n) is 3.96. The molecule has 0 fully saturated rings. The summed E-state index contributed by atoms with van der Waals surface area (Å²) in [6.45, 7) is 3.35. The summed E-state index contributed by atoms with van der Waals surface area (Å²) in [6, 6.07) is 2.19. The van der Waals surface area contributed by atoms with Crippen molar-refractivity contribution in [3.63, 3.8) is 0 Å². The summed E-state index contributed by atoms with van der Waals surface area (Å²) in [7, 11) is 0. The van der Waals surface area contributed by atoms with E-state index < -0.39 is 28.9 Å². The minimum Gasteiger partial charge on any atom is -0.481 e. The summed E-state index contributed by atoms with van der Waals surface area (Å²) in [5, 5.41) is 12.0. The quantitative estimate of drug-likeness (QED) is 0.751. The highest BCUT2D eigenvalue weighted by atomic mass is 19.4. The Labute approximate surface area is 126 Å². The zero-order valence-electron chi connectivity index (χ0n) is 12.4. The van der Waals surface area contributed by atoms with Gasteiger partial charge in [0, 0.05) is 18.7 Å². The van der Waals surface area contributed by atoms with E-state index in [9.17, 15) is 27.5 Å². The molecule has 1 rings (SSSR count). The first-order chi connectivity index (χ1) is 10.2. The molecule has 0 aliphatic heterocycles. The van der Waals surface area contributed by atoms with Crippen LogP contribution in [-0.2, 0) is 17.5 Å². The van der Waals surface area contributed by atoms with Crippen LogP contribution in [0.5, 0.6) is 0 Å². The maximum absolute atomic E-state index is 13.6. The molecule has 0 radical (unpaired) electrons. The van der Waals surface area contributed by atoms with Gasteiger partial charge in [0.1, 0.15) is 5.82 Å². The number of hydrogen-bond acceptors (Lipinski definition) is 2. The fraction of sp³-hybridized carbons (Fsp3) is 0.533. The first kappa shape index (κ1) is 18.4. The second kappa shape index (κ2) is 7.09. The monoisotopic (exact) mass is 321 g/mol. The van der Waals surface area contributed by atoms with E-state index in [1.165, 1.54) is 0 Å². The summed E-state index contributed by atoms with van der Waals surface area (Å²) < 4.78 is 51.4. The molecule has 124 valence electrons. The van der Waals surface area contributed by atoms with Gasteiger partial charge >= 0.3 is 12.1 Å². The molecule has 0 unspecified atom stereocenters. The number of benzene rings is 1. The number of carbonyl (C=O) groups is 1. The van der Waals surface area contributed by atoms with Gasteiger partial charge in [-0.3, -0.25) is 4.79 Å². The maximum Gasteiger partial charge on any atom is 0.416 e.